The van der Waals surface area contributed by atoms with E-state index in [2.05, 4.69) is 0 Å². The van der Waals surface area contributed by atoms with Crippen molar-refractivity contribution in [2.24, 2.45) is 0 Å². The van der Waals surface area contributed by atoms with Crippen LogP contribution < -0.4 is 0 Å². The van der Waals surface area contributed by atoms with Crippen LogP contribution in [0.5, 0.6) is 0 Å². The molecule has 0 bridgehead atoms. The molecule has 0 spiro atoms. The number of carbonyl (C=O) groups excluding carboxylic acids is 2. The molecule has 1 unspecified atom stereocenters. The third kappa shape index (κ3) is 1.72. The second-order valence-electron chi connectivity index (χ2n) is 4.99. The van der Waals surface area contributed by atoms with Crippen molar-refractivity contribution in [3.8, 4) is 0 Å². The molecule has 0 aliphatic heterocycles. The first-order chi connectivity index (χ1) is 9.09. The maximum atomic E-state index is 12.0. The lowest BCUT2D eigenvalue weighted by atomic mass is 9.78. The van der Waals surface area contributed by atoms with Gasteiger partial charge in [0.05, 0.1) is 5.92 Å². The van der Waals surface area contributed by atoms with Crippen LogP contribution in [0.1, 0.15) is 30.9 Å². The number of allylic oxidation sites excluding steroid dienone is 1. The summed E-state index contributed by atoms with van der Waals surface area (Å²) in [6, 6.07) is 11.9. The highest BCUT2D eigenvalue weighted by Crippen LogP contribution is 2.39. The minimum atomic E-state index is -0.420. The Balaban J connectivity index is 2.41. The maximum Gasteiger partial charge on any atom is 0.156 e. The zero-order valence-electron chi connectivity index (χ0n) is 10.9. The molecular formula is C17H14O2. The molecule has 0 N–H and O–H groups in total. The summed E-state index contributed by atoms with van der Waals surface area (Å²) >= 11 is 0. The van der Waals surface area contributed by atoms with Crippen LogP contribution in [0.2, 0.25) is 0 Å². The Hall–Kier alpha value is -2.22. The lowest BCUT2D eigenvalue weighted by Crippen LogP contribution is -2.19. The average molecular weight is 250 g/mol. The summed E-state index contributed by atoms with van der Waals surface area (Å²) in [6.45, 7) is 3.07. The van der Waals surface area contributed by atoms with Crippen molar-refractivity contribution in [2.45, 2.75) is 19.8 Å². The van der Waals surface area contributed by atoms with Crippen molar-refractivity contribution in [3.05, 3.63) is 53.1 Å². The summed E-state index contributed by atoms with van der Waals surface area (Å²) < 4.78 is 0. The molecule has 2 aromatic rings. The van der Waals surface area contributed by atoms with E-state index < -0.39 is 5.92 Å². The third-order valence-corrected chi connectivity index (χ3v) is 3.72. The third-order valence-electron chi connectivity index (χ3n) is 3.72. The molecule has 0 saturated heterocycles. The Morgan fingerprint density at radius 2 is 1.68 bits per heavy atom. The van der Waals surface area contributed by atoms with Crippen LogP contribution in [0, 0.1) is 0 Å². The van der Waals surface area contributed by atoms with Gasteiger partial charge < -0.3 is 0 Å². The van der Waals surface area contributed by atoms with Crippen LogP contribution in [-0.2, 0) is 9.59 Å². The van der Waals surface area contributed by atoms with Crippen molar-refractivity contribution >= 4 is 28.4 Å². The fourth-order valence-electron chi connectivity index (χ4n) is 2.92. The van der Waals surface area contributed by atoms with Crippen molar-refractivity contribution in [1.82, 2.24) is 0 Å². The first-order valence-electron chi connectivity index (χ1n) is 6.34. The summed E-state index contributed by atoms with van der Waals surface area (Å²) in [5, 5.41) is 2.20. The lowest BCUT2D eigenvalue weighted by Gasteiger charge is -2.24. The van der Waals surface area contributed by atoms with E-state index >= 15 is 0 Å². The van der Waals surface area contributed by atoms with Crippen LogP contribution in [0.3, 0.4) is 0 Å². The summed E-state index contributed by atoms with van der Waals surface area (Å²) in [5.74, 6) is -0.439. The van der Waals surface area contributed by atoms with E-state index in [9.17, 15) is 9.59 Å². The number of carbonyl (C=O) groups is 2. The molecule has 19 heavy (non-hydrogen) atoms. The van der Waals surface area contributed by atoms with Gasteiger partial charge in [-0.3, -0.25) is 9.59 Å². The number of Topliss-reactive ketones (excluding diaryl/α,β-unsaturated/α-hetero) is 2. The van der Waals surface area contributed by atoms with E-state index in [0.29, 0.717) is 5.57 Å². The van der Waals surface area contributed by atoms with Crippen molar-refractivity contribution in [2.75, 3.05) is 0 Å². The Morgan fingerprint density at radius 3 is 2.32 bits per heavy atom. The van der Waals surface area contributed by atoms with Crippen LogP contribution in [0.15, 0.2) is 42.0 Å². The van der Waals surface area contributed by atoms with Gasteiger partial charge in [0, 0.05) is 5.57 Å². The lowest BCUT2D eigenvalue weighted by molar-refractivity contribution is -0.120. The predicted octanol–water partition coefficient (Wildman–Crippen LogP) is 3.50. The van der Waals surface area contributed by atoms with Crippen LogP contribution >= 0.6 is 0 Å². The normalized spacial score (nSPS) is 17.2. The Kier molecular flexibility index (Phi) is 2.59. The fraction of sp³-hybridized carbons (Fsp3) is 0.176. The second kappa shape index (κ2) is 4.16. The monoisotopic (exact) mass is 250 g/mol. The van der Waals surface area contributed by atoms with Gasteiger partial charge in [0.25, 0.3) is 0 Å². The van der Waals surface area contributed by atoms with E-state index in [-0.39, 0.29) is 11.6 Å². The quantitative estimate of drug-likeness (QED) is 0.817. The zero-order valence-corrected chi connectivity index (χ0v) is 10.9. The van der Waals surface area contributed by atoms with Crippen molar-refractivity contribution < 1.29 is 9.59 Å². The summed E-state index contributed by atoms with van der Waals surface area (Å²) in [4.78, 5) is 23.8. The molecule has 2 nitrogen and oxygen atoms in total. The molecule has 0 radical (unpaired) electrons. The van der Waals surface area contributed by atoms with Gasteiger partial charge in [-0.05, 0) is 41.8 Å². The highest BCUT2D eigenvalue weighted by atomic mass is 16.1. The first kappa shape index (κ1) is 11.8. The van der Waals surface area contributed by atoms with E-state index in [1.165, 1.54) is 6.92 Å². The molecule has 2 heteroatoms. The van der Waals surface area contributed by atoms with Crippen LogP contribution in [-0.4, -0.2) is 11.6 Å². The summed E-state index contributed by atoms with van der Waals surface area (Å²) in [5.41, 5.74) is 2.57. The molecular weight excluding hydrogens is 236 g/mol. The van der Waals surface area contributed by atoms with E-state index in [0.717, 1.165) is 21.9 Å². The molecule has 0 saturated carbocycles. The Labute approximate surface area is 111 Å². The number of hydrogen-bond acceptors (Lipinski definition) is 2. The minimum absolute atomic E-state index is 0.0171. The predicted molar refractivity (Wildman–Crippen MR) is 76.0 cm³/mol. The second-order valence-corrected chi connectivity index (χ2v) is 4.99. The molecule has 0 heterocycles. The summed E-state index contributed by atoms with van der Waals surface area (Å²) in [7, 11) is 0. The standard InChI is InChI=1S/C17H14O2/c1-10(18)15-9-13-7-3-5-12-6-4-8-14(17(12)13)16(15)11(2)19/h3-9,16H,1-2H3. The topological polar surface area (TPSA) is 34.1 Å². The zero-order chi connectivity index (χ0) is 13.6. The van der Waals surface area contributed by atoms with Gasteiger partial charge in [-0.2, -0.15) is 0 Å². The van der Waals surface area contributed by atoms with Gasteiger partial charge in [-0.15, -0.1) is 0 Å². The van der Waals surface area contributed by atoms with Gasteiger partial charge in [-0.1, -0.05) is 36.4 Å². The first-order valence-corrected chi connectivity index (χ1v) is 6.34. The number of rotatable bonds is 2. The molecule has 1 aliphatic rings. The molecule has 1 aliphatic carbocycles. The largest absolute Gasteiger partial charge is 0.299 e. The van der Waals surface area contributed by atoms with E-state index in [4.69, 9.17) is 0 Å². The van der Waals surface area contributed by atoms with Crippen LogP contribution in [0.4, 0.5) is 0 Å². The molecule has 3 rings (SSSR count). The van der Waals surface area contributed by atoms with E-state index in [1.54, 1.807) is 6.92 Å². The smallest absolute Gasteiger partial charge is 0.156 e. The minimum Gasteiger partial charge on any atom is -0.299 e. The number of hydrogen-bond donors (Lipinski definition) is 0. The maximum absolute atomic E-state index is 12.0. The fourth-order valence-corrected chi connectivity index (χ4v) is 2.92. The molecule has 2 aromatic carbocycles. The Bertz CT molecular complexity index is 733. The summed E-state index contributed by atoms with van der Waals surface area (Å²) in [6.07, 6.45) is 1.86. The molecule has 94 valence electrons. The van der Waals surface area contributed by atoms with Crippen molar-refractivity contribution in [1.29, 1.82) is 0 Å². The SMILES string of the molecule is CC(=O)C1=Cc2cccc3cccc(c23)C1C(C)=O. The number of benzene rings is 2. The highest BCUT2D eigenvalue weighted by Gasteiger charge is 2.29. The molecule has 0 amide bonds. The van der Waals surface area contributed by atoms with Gasteiger partial charge in [-0.25, -0.2) is 0 Å². The Morgan fingerprint density at radius 1 is 1.00 bits per heavy atom. The van der Waals surface area contributed by atoms with Crippen LogP contribution in [0.25, 0.3) is 16.8 Å². The molecule has 0 aromatic heterocycles. The average Bonchev–Trinajstić information content (AvgIpc) is 2.38. The van der Waals surface area contributed by atoms with E-state index in [1.807, 2.05) is 42.5 Å². The van der Waals surface area contributed by atoms with Crippen molar-refractivity contribution in [3.63, 3.8) is 0 Å². The van der Waals surface area contributed by atoms with Gasteiger partial charge in [0.1, 0.15) is 5.78 Å². The highest BCUT2D eigenvalue weighted by molar-refractivity contribution is 6.12. The van der Waals surface area contributed by atoms with Gasteiger partial charge in [0.15, 0.2) is 5.78 Å². The van der Waals surface area contributed by atoms with Gasteiger partial charge in [0.2, 0.25) is 0 Å². The molecule has 1 atom stereocenters. The number of ketones is 2. The van der Waals surface area contributed by atoms with Gasteiger partial charge >= 0.3 is 0 Å². The molecule has 0 fully saturated rings.